The van der Waals surface area contributed by atoms with Crippen LogP contribution < -0.4 is 5.32 Å². The van der Waals surface area contributed by atoms with Crippen molar-refractivity contribution in [3.8, 4) is 0 Å². The number of anilines is 2. The molecule has 1 aromatic heterocycles. The maximum atomic E-state index is 9.22. The summed E-state index contributed by atoms with van der Waals surface area (Å²) in [6, 6.07) is 7.47. The van der Waals surface area contributed by atoms with Crippen LogP contribution in [-0.2, 0) is 6.61 Å². The van der Waals surface area contributed by atoms with Gasteiger partial charge in [0.1, 0.15) is 5.82 Å². The number of benzene rings is 1. The van der Waals surface area contributed by atoms with Gasteiger partial charge in [0.05, 0.1) is 10.2 Å². The molecule has 0 bridgehead atoms. The highest BCUT2D eigenvalue weighted by molar-refractivity contribution is 14.1. The number of para-hydroxylation sites is 1. The van der Waals surface area contributed by atoms with Gasteiger partial charge in [-0.15, -0.1) is 0 Å². The van der Waals surface area contributed by atoms with E-state index in [0.717, 1.165) is 14.8 Å². The average molecular weight is 362 g/mol. The molecule has 0 unspecified atom stereocenters. The van der Waals surface area contributed by atoms with Gasteiger partial charge in [-0.3, -0.25) is 0 Å². The topological polar surface area (TPSA) is 58.0 Å². The first-order chi connectivity index (χ1) is 8.20. The van der Waals surface area contributed by atoms with Crippen LogP contribution in [0.1, 0.15) is 5.56 Å². The van der Waals surface area contributed by atoms with Crippen molar-refractivity contribution in [1.82, 2.24) is 9.97 Å². The Bertz CT molecular complexity index is 536. The Labute approximate surface area is 117 Å². The summed E-state index contributed by atoms with van der Waals surface area (Å²) >= 11 is 7.86. The highest BCUT2D eigenvalue weighted by Gasteiger charge is 2.06. The fourth-order valence-electron chi connectivity index (χ4n) is 1.34. The monoisotopic (exact) mass is 361 g/mol. The van der Waals surface area contributed by atoms with E-state index in [4.69, 9.17) is 11.6 Å². The van der Waals surface area contributed by atoms with Crippen LogP contribution >= 0.6 is 34.2 Å². The van der Waals surface area contributed by atoms with E-state index in [1.165, 1.54) is 0 Å². The van der Waals surface area contributed by atoms with Crippen molar-refractivity contribution < 1.29 is 5.11 Å². The first-order valence-electron chi connectivity index (χ1n) is 4.84. The minimum atomic E-state index is -0.0292. The van der Waals surface area contributed by atoms with Crippen LogP contribution in [0.3, 0.4) is 0 Å². The van der Waals surface area contributed by atoms with E-state index in [2.05, 4.69) is 37.9 Å². The Morgan fingerprint density at radius 2 is 2.12 bits per heavy atom. The number of nitrogens with one attached hydrogen (secondary N) is 1. The molecule has 0 fully saturated rings. The molecule has 0 amide bonds. The Hall–Kier alpha value is -0.920. The molecule has 1 heterocycles. The lowest BCUT2D eigenvalue weighted by Crippen LogP contribution is -2.00. The summed E-state index contributed by atoms with van der Waals surface area (Å²) in [5, 5.41) is 12.5. The quantitative estimate of drug-likeness (QED) is 0.652. The van der Waals surface area contributed by atoms with Crippen molar-refractivity contribution in [1.29, 1.82) is 0 Å². The Kier molecular flexibility index (Phi) is 4.14. The lowest BCUT2D eigenvalue weighted by molar-refractivity contribution is 0.282. The van der Waals surface area contributed by atoms with Crippen molar-refractivity contribution in [2.24, 2.45) is 0 Å². The molecule has 2 N–H and O–H groups in total. The Morgan fingerprint density at radius 1 is 1.35 bits per heavy atom. The molecule has 0 aliphatic heterocycles. The van der Waals surface area contributed by atoms with Crippen LogP contribution in [0, 0.1) is 3.57 Å². The maximum absolute atomic E-state index is 9.22. The van der Waals surface area contributed by atoms with Crippen molar-refractivity contribution >= 4 is 45.7 Å². The second kappa shape index (κ2) is 5.61. The third kappa shape index (κ3) is 3.05. The van der Waals surface area contributed by atoms with Crippen LogP contribution in [0.5, 0.6) is 0 Å². The molecule has 0 saturated heterocycles. The molecule has 0 radical (unpaired) electrons. The predicted molar refractivity (Wildman–Crippen MR) is 75.4 cm³/mol. The SMILES string of the molecule is OCc1ccccc1Nc1nc(Cl)ncc1I. The van der Waals surface area contributed by atoms with Crippen molar-refractivity contribution in [3.05, 3.63) is 44.9 Å². The van der Waals surface area contributed by atoms with Crippen LogP contribution in [0.15, 0.2) is 30.5 Å². The molecule has 1 aromatic carbocycles. The molecule has 0 saturated carbocycles. The summed E-state index contributed by atoms with van der Waals surface area (Å²) in [5.74, 6) is 0.631. The number of rotatable bonds is 3. The largest absolute Gasteiger partial charge is 0.392 e. The third-order valence-corrected chi connectivity index (χ3v) is 3.13. The first-order valence-corrected chi connectivity index (χ1v) is 6.30. The van der Waals surface area contributed by atoms with E-state index < -0.39 is 0 Å². The summed E-state index contributed by atoms with van der Waals surface area (Å²) in [7, 11) is 0. The van der Waals surface area contributed by atoms with Crippen molar-refractivity contribution in [2.75, 3.05) is 5.32 Å². The van der Waals surface area contributed by atoms with Gasteiger partial charge in [-0.2, -0.15) is 4.98 Å². The van der Waals surface area contributed by atoms with E-state index in [1.54, 1.807) is 6.20 Å². The van der Waals surface area contributed by atoms with Crippen LogP contribution in [0.4, 0.5) is 11.5 Å². The summed E-state index contributed by atoms with van der Waals surface area (Å²) in [5.41, 5.74) is 1.61. The summed E-state index contributed by atoms with van der Waals surface area (Å²) < 4.78 is 0.861. The lowest BCUT2D eigenvalue weighted by atomic mass is 10.2. The van der Waals surface area contributed by atoms with Gasteiger partial charge >= 0.3 is 0 Å². The Balaban J connectivity index is 2.34. The summed E-state index contributed by atoms with van der Waals surface area (Å²) in [6.07, 6.45) is 1.64. The molecule has 4 nitrogen and oxygen atoms in total. The predicted octanol–water partition coefficient (Wildman–Crippen LogP) is 2.97. The fourth-order valence-corrected chi connectivity index (χ4v) is 1.87. The normalized spacial score (nSPS) is 10.3. The van der Waals surface area contributed by atoms with E-state index >= 15 is 0 Å². The number of halogens is 2. The molecule has 88 valence electrons. The molecule has 2 rings (SSSR count). The molecule has 6 heteroatoms. The zero-order chi connectivity index (χ0) is 12.3. The Morgan fingerprint density at radius 3 is 2.88 bits per heavy atom. The molecule has 17 heavy (non-hydrogen) atoms. The zero-order valence-electron chi connectivity index (χ0n) is 8.69. The van der Waals surface area contributed by atoms with Gasteiger partial charge in [0.15, 0.2) is 0 Å². The first kappa shape index (κ1) is 12.5. The smallest absolute Gasteiger partial charge is 0.224 e. The van der Waals surface area contributed by atoms with Crippen LogP contribution in [0.25, 0.3) is 0 Å². The molecular formula is C11H9ClIN3O. The summed E-state index contributed by atoms with van der Waals surface area (Å²) in [4.78, 5) is 7.98. The third-order valence-electron chi connectivity index (χ3n) is 2.16. The van der Waals surface area contributed by atoms with E-state index in [0.29, 0.717) is 5.82 Å². The summed E-state index contributed by atoms with van der Waals surface area (Å²) in [6.45, 7) is -0.0292. The highest BCUT2D eigenvalue weighted by atomic mass is 127. The minimum absolute atomic E-state index is 0.0292. The van der Waals surface area contributed by atoms with Gasteiger partial charge in [0.2, 0.25) is 5.28 Å². The number of hydrogen-bond donors (Lipinski definition) is 2. The second-order valence-corrected chi connectivity index (χ2v) is 4.78. The molecule has 0 spiro atoms. The molecule has 0 aliphatic rings. The maximum Gasteiger partial charge on any atom is 0.224 e. The van der Waals surface area contributed by atoms with Crippen LogP contribution in [-0.4, -0.2) is 15.1 Å². The van der Waals surface area contributed by atoms with Crippen LogP contribution in [0.2, 0.25) is 5.28 Å². The number of hydrogen-bond acceptors (Lipinski definition) is 4. The number of aliphatic hydroxyl groups excluding tert-OH is 1. The molecule has 0 aliphatic carbocycles. The van der Waals surface area contributed by atoms with Crippen molar-refractivity contribution in [2.45, 2.75) is 6.61 Å². The second-order valence-electron chi connectivity index (χ2n) is 3.28. The number of nitrogens with zero attached hydrogens (tertiary/aromatic N) is 2. The molecule has 0 atom stereocenters. The van der Waals surface area contributed by atoms with Gasteiger partial charge in [-0.05, 0) is 40.3 Å². The van der Waals surface area contributed by atoms with E-state index in [1.807, 2.05) is 24.3 Å². The zero-order valence-corrected chi connectivity index (χ0v) is 11.6. The van der Waals surface area contributed by atoms with Gasteiger partial charge < -0.3 is 10.4 Å². The standard InChI is InChI=1S/C11H9ClIN3O/c12-11-14-5-8(13)10(16-11)15-9-4-2-1-3-7(9)6-17/h1-5,17H,6H2,(H,14,15,16). The average Bonchev–Trinajstić information content (AvgIpc) is 2.34. The van der Waals surface area contributed by atoms with Gasteiger partial charge in [0.25, 0.3) is 0 Å². The van der Waals surface area contributed by atoms with E-state index in [9.17, 15) is 5.11 Å². The molecular weight excluding hydrogens is 352 g/mol. The van der Waals surface area contributed by atoms with Gasteiger partial charge in [-0.25, -0.2) is 4.98 Å². The van der Waals surface area contributed by atoms with Crippen molar-refractivity contribution in [3.63, 3.8) is 0 Å². The highest BCUT2D eigenvalue weighted by Crippen LogP contribution is 2.23. The lowest BCUT2D eigenvalue weighted by Gasteiger charge is -2.10. The van der Waals surface area contributed by atoms with E-state index in [-0.39, 0.29) is 11.9 Å². The number of aromatic nitrogens is 2. The van der Waals surface area contributed by atoms with Gasteiger partial charge in [-0.1, -0.05) is 18.2 Å². The molecule has 2 aromatic rings. The number of aliphatic hydroxyl groups is 1. The minimum Gasteiger partial charge on any atom is -0.392 e. The van der Waals surface area contributed by atoms with Gasteiger partial charge in [0, 0.05) is 17.4 Å². The fraction of sp³-hybridized carbons (Fsp3) is 0.0909.